The fourth-order valence-electron chi connectivity index (χ4n) is 4.85. The molecule has 0 radical (unpaired) electrons. The van der Waals surface area contributed by atoms with Crippen molar-refractivity contribution in [3.05, 3.63) is 95.3 Å². The highest BCUT2D eigenvalue weighted by Gasteiger charge is 2.49. The number of aromatic amines is 1. The fourth-order valence-corrected chi connectivity index (χ4v) is 5.04. The van der Waals surface area contributed by atoms with Crippen LogP contribution in [0.1, 0.15) is 23.0 Å². The molecule has 2 amide bonds. The Balaban J connectivity index is 1.42. The zero-order valence-corrected chi connectivity index (χ0v) is 20.3. The summed E-state index contributed by atoms with van der Waals surface area (Å²) >= 11 is 6.23. The predicted octanol–water partition coefficient (Wildman–Crippen LogP) is 5.70. The molecule has 8 heteroatoms. The summed E-state index contributed by atoms with van der Waals surface area (Å²) < 4.78 is 5.41. The van der Waals surface area contributed by atoms with Gasteiger partial charge in [-0.05, 0) is 43.3 Å². The summed E-state index contributed by atoms with van der Waals surface area (Å²) in [6.07, 6.45) is 1.64. The van der Waals surface area contributed by atoms with Crippen LogP contribution in [-0.2, 0) is 10.3 Å². The van der Waals surface area contributed by atoms with Gasteiger partial charge in [-0.25, -0.2) is 4.98 Å². The SMILES string of the molecule is COc1ccc2c(c1)N(c1cccc(Cl)c1)C(=O)C2(C)NC(=O)c1cc2c(cn1)[nH]c1ccccc12. The first kappa shape index (κ1) is 22.1. The molecule has 2 aromatic heterocycles. The van der Waals surface area contributed by atoms with Gasteiger partial charge in [-0.2, -0.15) is 0 Å². The molecule has 1 atom stereocenters. The molecule has 0 saturated carbocycles. The van der Waals surface area contributed by atoms with Crippen molar-refractivity contribution in [2.24, 2.45) is 0 Å². The Morgan fingerprint density at radius 3 is 2.67 bits per heavy atom. The Morgan fingerprint density at radius 1 is 1.03 bits per heavy atom. The second-order valence-corrected chi connectivity index (χ2v) is 9.30. The van der Waals surface area contributed by atoms with Gasteiger partial charge in [0.15, 0.2) is 0 Å². The van der Waals surface area contributed by atoms with E-state index < -0.39 is 11.4 Å². The van der Waals surface area contributed by atoms with E-state index in [1.807, 2.05) is 24.3 Å². The number of methoxy groups -OCH3 is 1. The normalized spacial score (nSPS) is 17.0. The Bertz CT molecular complexity index is 1700. The maximum atomic E-state index is 13.9. The number of pyridine rings is 1. The number of amides is 2. The van der Waals surface area contributed by atoms with Crippen molar-refractivity contribution in [1.29, 1.82) is 0 Å². The summed E-state index contributed by atoms with van der Waals surface area (Å²) in [5.41, 5.74) is 2.54. The minimum Gasteiger partial charge on any atom is -0.497 e. The van der Waals surface area contributed by atoms with Crippen LogP contribution < -0.4 is 15.0 Å². The third-order valence-corrected chi connectivity index (χ3v) is 6.90. The number of ether oxygens (including phenoxy) is 1. The maximum absolute atomic E-state index is 13.9. The number of aromatic nitrogens is 2. The molecule has 0 aliphatic carbocycles. The molecule has 0 saturated heterocycles. The van der Waals surface area contributed by atoms with Gasteiger partial charge in [-0.1, -0.05) is 41.9 Å². The minimum atomic E-state index is -1.34. The zero-order chi connectivity index (χ0) is 25.0. The van der Waals surface area contributed by atoms with Crippen molar-refractivity contribution in [3.63, 3.8) is 0 Å². The lowest BCUT2D eigenvalue weighted by Crippen LogP contribution is -2.50. The number of H-pyrrole nitrogens is 1. The summed E-state index contributed by atoms with van der Waals surface area (Å²) in [4.78, 5) is 36.6. The number of nitrogens with zero attached hydrogens (tertiary/aromatic N) is 2. The molecule has 0 fully saturated rings. The van der Waals surface area contributed by atoms with Crippen molar-refractivity contribution >= 4 is 56.6 Å². The first-order chi connectivity index (χ1) is 17.4. The van der Waals surface area contributed by atoms with Crippen LogP contribution in [0.3, 0.4) is 0 Å². The molecule has 6 rings (SSSR count). The number of rotatable bonds is 4. The summed E-state index contributed by atoms with van der Waals surface area (Å²) in [6, 6.07) is 22.0. The van der Waals surface area contributed by atoms with Crippen LogP contribution in [0.5, 0.6) is 5.75 Å². The average molecular weight is 497 g/mol. The third kappa shape index (κ3) is 3.31. The highest BCUT2D eigenvalue weighted by Crippen LogP contribution is 2.46. The lowest BCUT2D eigenvalue weighted by atomic mass is 9.93. The van der Waals surface area contributed by atoms with Crippen molar-refractivity contribution in [2.75, 3.05) is 12.0 Å². The van der Waals surface area contributed by atoms with Crippen molar-refractivity contribution < 1.29 is 14.3 Å². The van der Waals surface area contributed by atoms with Gasteiger partial charge in [0.05, 0.1) is 30.2 Å². The monoisotopic (exact) mass is 496 g/mol. The van der Waals surface area contributed by atoms with Crippen LogP contribution >= 0.6 is 11.6 Å². The number of nitrogens with one attached hydrogen (secondary N) is 2. The number of carbonyl (C=O) groups is 2. The van der Waals surface area contributed by atoms with Gasteiger partial charge in [0.1, 0.15) is 17.0 Å². The molecule has 0 spiro atoms. The summed E-state index contributed by atoms with van der Waals surface area (Å²) in [5.74, 6) is -0.169. The number of anilines is 2. The number of fused-ring (bicyclic) bond motifs is 4. The van der Waals surface area contributed by atoms with E-state index >= 15 is 0 Å². The molecule has 1 unspecified atom stereocenters. The first-order valence-corrected chi connectivity index (χ1v) is 11.7. The van der Waals surface area contributed by atoms with Gasteiger partial charge in [-0.15, -0.1) is 0 Å². The predicted molar refractivity (Wildman–Crippen MR) is 140 cm³/mol. The van der Waals surface area contributed by atoms with Gasteiger partial charge in [0.2, 0.25) is 0 Å². The quantitative estimate of drug-likeness (QED) is 0.334. The van der Waals surface area contributed by atoms with Crippen LogP contribution in [-0.4, -0.2) is 28.9 Å². The molecule has 36 heavy (non-hydrogen) atoms. The first-order valence-electron chi connectivity index (χ1n) is 11.4. The minimum absolute atomic E-state index is 0.220. The maximum Gasteiger partial charge on any atom is 0.271 e. The number of carbonyl (C=O) groups excluding carboxylic acids is 2. The second kappa shape index (κ2) is 8.10. The molecule has 1 aliphatic heterocycles. The molecule has 3 heterocycles. The molecule has 1 aliphatic rings. The lowest BCUT2D eigenvalue weighted by molar-refractivity contribution is -0.122. The van der Waals surface area contributed by atoms with Gasteiger partial charge in [-0.3, -0.25) is 14.5 Å². The second-order valence-electron chi connectivity index (χ2n) is 8.87. The highest BCUT2D eigenvalue weighted by molar-refractivity contribution is 6.31. The van der Waals surface area contributed by atoms with Crippen molar-refractivity contribution in [2.45, 2.75) is 12.5 Å². The van der Waals surface area contributed by atoms with E-state index in [0.29, 0.717) is 27.7 Å². The van der Waals surface area contributed by atoms with E-state index in [2.05, 4.69) is 15.3 Å². The Labute approximate surface area is 211 Å². The molecular formula is C28H21ClN4O3. The molecule has 2 N–H and O–H groups in total. The Hall–Kier alpha value is -4.36. The van der Waals surface area contributed by atoms with E-state index in [9.17, 15) is 9.59 Å². The van der Waals surface area contributed by atoms with Crippen molar-refractivity contribution in [1.82, 2.24) is 15.3 Å². The molecule has 5 aromatic rings. The molecule has 7 nitrogen and oxygen atoms in total. The van der Waals surface area contributed by atoms with E-state index in [-0.39, 0.29) is 11.6 Å². The number of hydrogen-bond acceptors (Lipinski definition) is 4. The summed E-state index contributed by atoms with van der Waals surface area (Å²) in [6.45, 7) is 1.70. The van der Waals surface area contributed by atoms with Gasteiger partial charge in [0, 0.05) is 32.9 Å². The Morgan fingerprint density at radius 2 is 1.86 bits per heavy atom. The van der Waals surface area contributed by atoms with E-state index in [1.54, 1.807) is 73.7 Å². The van der Waals surface area contributed by atoms with Crippen molar-refractivity contribution in [3.8, 4) is 5.75 Å². The van der Waals surface area contributed by atoms with Crippen LogP contribution in [0.4, 0.5) is 11.4 Å². The average Bonchev–Trinajstić information content (AvgIpc) is 3.36. The van der Waals surface area contributed by atoms with Crippen LogP contribution in [0.15, 0.2) is 79.0 Å². The van der Waals surface area contributed by atoms with Gasteiger partial charge < -0.3 is 15.0 Å². The summed E-state index contributed by atoms with van der Waals surface area (Å²) in [7, 11) is 1.57. The standard InChI is InChI=1S/C28H21ClN4O3/c1-28(32-26(34)23-14-20-19-8-3-4-9-22(19)31-24(20)15-30-23)21-11-10-18(36-2)13-25(21)33(27(28)35)17-7-5-6-16(29)12-17/h3-15,31H,1-2H3,(H,32,34). The number of hydrogen-bond donors (Lipinski definition) is 2. The largest absolute Gasteiger partial charge is 0.497 e. The highest BCUT2D eigenvalue weighted by atomic mass is 35.5. The molecule has 3 aromatic carbocycles. The summed E-state index contributed by atoms with van der Waals surface area (Å²) in [5, 5.41) is 5.34. The number of benzene rings is 3. The van der Waals surface area contributed by atoms with Crippen LogP contribution in [0.2, 0.25) is 5.02 Å². The van der Waals surface area contributed by atoms with E-state index in [1.165, 1.54) is 0 Å². The van der Waals surface area contributed by atoms with Gasteiger partial charge >= 0.3 is 0 Å². The lowest BCUT2D eigenvalue weighted by Gasteiger charge is -2.25. The smallest absolute Gasteiger partial charge is 0.271 e. The van der Waals surface area contributed by atoms with Gasteiger partial charge in [0.25, 0.3) is 11.8 Å². The number of para-hydroxylation sites is 1. The van der Waals surface area contributed by atoms with E-state index in [4.69, 9.17) is 16.3 Å². The number of halogens is 1. The van der Waals surface area contributed by atoms with E-state index in [0.717, 1.165) is 21.8 Å². The van der Waals surface area contributed by atoms with Crippen LogP contribution in [0, 0.1) is 0 Å². The topological polar surface area (TPSA) is 87.3 Å². The molecule has 178 valence electrons. The third-order valence-electron chi connectivity index (χ3n) is 6.67. The Kier molecular flexibility index (Phi) is 4.98. The molecular weight excluding hydrogens is 476 g/mol. The molecule has 0 bridgehead atoms. The van der Waals surface area contributed by atoms with Crippen LogP contribution in [0.25, 0.3) is 21.8 Å². The zero-order valence-electron chi connectivity index (χ0n) is 19.5. The fraction of sp³-hybridized carbons (Fsp3) is 0.107.